The summed E-state index contributed by atoms with van der Waals surface area (Å²) in [5, 5.41) is 0. The lowest BCUT2D eigenvalue weighted by Gasteiger charge is -2.08. The van der Waals surface area contributed by atoms with Gasteiger partial charge in [0.2, 0.25) is 0 Å². The van der Waals surface area contributed by atoms with Crippen molar-refractivity contribution in [2.45, 2.75) is 19.9 Å². The molecule has 0 bridgehead atoms. The average molecular weight is 287 g/mol. The van der Waals surface area contributed by atoms with E-state index in [-0.39, 0.29) is 0 Å². The first-order valence-electron chi connectivity index (χ1n) is 6.56. The number of benzene rings is 1. The van der Waals surface area contributed by atoms with Gasteiger partial charge in [0.15, 0.2) is 0 Å². The average Bonchev–Trinajstić information content (AvgIpc) is 2.78. The van der Waals surface area contributed by atoms with Crippen LogP contribution in [0.4, 0.5) is 0 Å². The molecule has 102 valence electrons. The van der Waals surface area contributed by atoms with E-state index in [4.69, 9.17) is 11.6 Å². The van der Waals surface area contributed by atoms with Gasteiger partial charge in [0.1, 0.15) is 11.6 Å². The van der Waals surface area contributed by atoms with Gasteiger partial charge in [0.25, 0.3) is 0 Å². The Hall–Kier alpha value is -1.94. The van der Waals surface area contributed by atoms with E-state index in [9.17, 15) is 0 Å². The summed E-state index contributed by atoms with van der Waals surface area (Å²) < 4.78 is 2.18. The highest BCUT2D eigenvalue weighted by atomic mass is 35.5. The molecule has 0 saturated carbocycles. The van der Waals surface area contributed by atoms with Crippen LogP contribution in [-0.2, 0) is 13.0 Å². The molecule has 0 unspecified atom stereocenters. The first-order chi connectivity index (χ1) is 9.78. The van der Waals surface area contributed by atoms with Crippen molar-refractivity contribution in [3.05, 3.63) is 53.9 Å². The summed E-state index contributed by atoms with van der Waals surface area (Å²) in [6.07, 6.45) is 2.54. The zero-order valence-corrected chi connectivity index (χ0v) is 12.0. The van der Waals surface area contributed by atoms with Crippen molar-refractivity contribution in [1.29, 1.82) is 0 Å². The molecule has 0 atom stereocenters. The fraction of sp³-hybridized carbons (Fsp3) is 0.267. The Balaban J connectivity index is 2.06. The number of para-hydroxylation sites is 2. The topological polar surface area (TPSA) is 43.6 Å². The Labute approximate surface area is 122 Å². The van der Waals surface area contributed by atoms with Gasteiger partial charge in [-0.05, 0) is 25.1 Å². The summed E-state index contributed by atoms with van der Waals surface area (Å²) in [6.45, 7) is 2.59. The largest absolute Gasteiger partial charge is 0.322 e. The van der Waals surface area contributed by atoms with Gasteiger partial charge in [0.05, 0.1) is 23.3 Å². The molecule has 5 heteroatoms. The van der Waals surface area contributed by atoms with Crippen molar-refractivity contribution in [3.63, 3.8) is 0 Å². The predicted molar refractivity (Wildman–Crippen MR) is 80.0 cm³/mol. The minimum Gasteiger partial charge on any atom is -0.322 e. The Morgan fingerprint density at radius 1 is 1.15 bits per heavy atom. The summed E-state index contributed by atoms with van der Waals surface area (Å²) in [7, 11) is 0. The maximum Gasteiger partial charge on any atom is 0.125 e. The van der Waals surface area contributed by atoms with Crippen molar-refractivity contribution < 1.29 is 0 Å². The summed E-state index contributed by atoms with van der Waals surface area (Å²) in [5.41, 5.74) is 3.10. The van der Waals surface area contributed by atoms with Crippen LogP contribution in [0, 0.1) is 6.92 Å². The zero-order chi connectivity index (χ0) is 13.9. The molecule has 0 aliphatic rings. The van der Waals surface area contributed by atoms with Gasteiger partial charge < -0.3 is 4.57 Å². The number of aromatic nitrogens is 4. The number of halogens is 1. The van der Waals surface area contributed by atoms with E-state index in [1.54, 1.807) is 6.20 Å². The van der Waals surface area contributed by atoms with Crippen LogP contribution >= 0.6 is 11.6 Å². The molecule has 2 heterocycles. The molecule has 0 aliphatic carbocycles. The van der Waals surface area contributed by atoms with Gasteiger partial charge in [-0.3, -0.25) is 0 Å². The monoisotopic (exact) mass is 286 g/mol. The number of rotatable bonds is 4. The van der Waals surface area contributed by atoms with Crippen LogP contribution in [0.2, 0.25) is 0 Å². The highest BCUT2D eigenvalue weighted by Crippen LogP contribution is 2.18. The smallest absolute Gasteiger partial charge is 0.125 e. The lowest BCUT2D eigenvalue weighted by molar-refractivity contribution is 0.731. The minimum atomic E-state index is 0.562. The van der Waals surface area contributed by atoms with E-state index in [1.165, 1.54) is 0 Å². The molecule has 0 radical (unpaired) electrons. The summed E-state index contributed by atoms with van der Waals surface area (Å²) >= 11 is 5.88. The minimum absolute atomic E-state index is 0.562. The molecule has 3 rings (SSSR count). The van der Waals surface area contributed by atoms with E-state index in [0.29, 0.717) is 12.4 Å². The van der Waals surface area contributed by atoms with E-state index < -0.39 is 0 Å². The van der Waals surface area contributed by atoms with Crippen LogP contribution in [0.1, 0.15) is 17.3 Å². The molecule has 20 heavy (non-hydrogen) atoms. The van der Waals surface area contributed by atoms with Gasteiger partial charge in [-0.1, -0.05) is 12.1 Å². The Kier molecular flexibility index (Phi) is 3.65. The maximum atomic E-state index is 5.88. The van der Waals surface area contributed by atoms with E-state index in [1.807, 2.05) is 31.2 Å². The Morgan fingerprint density at radius 2 is 2.00 bits per heavy atom. The molecule has 0 N–H and O–H groups in total. The molecule has 0 saturated heterocycles. The molecule has 2 aromatic heterocycles. The fourth-order valence-corrected chi connectivity index (χ4v) is 2.50. The third kappa shape index (κ3) is 2.51. The number of fused-ring (bicyclic) bond motifs is 1. The number of aryl methyl sites for hydroxylation is 2. The number of hydrogen-bond acceptors (Lipinski definition) is 3. The first-order valence-corrected chi connectivity index (χ1v) is 7.10. The second-order valence-corrected chi connectivity index (χ2v) is 5.02. The Bertz CT molecular complexity index is 736. The van der Waals surface area contributed by atoms with Crippen molar-refractivity contribution in [2.75, 3.05) is 5.88 Å². The third-order valence-electron chi connectivity index (χ3n) is 3.21. The normalized spacial score (nSPS) is 11.1. The predicted octanol–water partition coefficient (Wildman–Crippen LogP) is 2.96. The van der Waals surface area contributed by atoms with Crippen LogP contribution in [0.5, 0.6) is 0 Å². The number of alkyl halides is 1. The number of hydrogen-bond donors (Lipinski definition) is 0. The second-order valence-electron chi connectivity index (χ2n) is 4.64. The van der Waals surface area contributed by atoms with Crippen molar-refractivity contribution in [2.24, 2.45) is 0 Å². The van der Waals surface area contributed by atoms with Gasteiger partial charge >= 0.3 is 0 Å². The lowest BCUT2D eigenvalue weighted by atomic mass is 10.3. The standard InChI is InChI=1S/C15H15ClN4/c1-11-17-9-7-12(18-11)10-20-14-5-3-2-4-13(14)19-15(20)6-8-16/h2-5,7,9H,6,8,10H2,1H3. The SMILES string of the molecule is Cc1nccc(Cn2c(CCCl)nc3ccccc32)n1. The summed E-state index contributed by atoms with van der Waals surface area (Å²) in [6, 6.07) is 10.1. The molecule has 1 aromatic carbocycles. The number of nitrogens with zero attached hydrogens (tertiary/aromatic N) is 4. The van der Waals surface area contributed by atoms with Gasteiger partial charge in [0, 0.05) is 18.5 Å². The highest BCUT2D eigenvalue weighted by molar-refractivity contribution is 6.17. The van der Waals surface area contributed by atoms with Crippen LogP contribution in [-0.4, -0.2) is 25.4 Å². The maximum absolute atomic E-state index is 5.88. The van der Waals surface area contributed by atoms with Gasteiger partial charge in [-0.15, -0.1) is 11.6 Å². The van der Waals surface area contributed by atoms with Crippen LogP contribution in [0.25, 0.3) is 11.0 Å². The van der Waals surface area contributed by atoms with E-state index >= 15 is 0 Å². The summed E-state index contributed by atoms with van der Waals surface area (Å²) in [4.78, 5) is 13.3. The summed E-state index contributed by atoms with van der Waals surface area (Å²) in [5.74, 6) is 2.34. The first kappa shape index (κ1) is 13.1. The molecule has 0 fully saturated rings. The van der Waals surface area contributed by atoms with Crippen molar-refractivity contribution in [1.82, 2.24) is 19.5 Å². The quantitative estimate of drug-likeness (QED) is 0.693. The fourth-order valence-electron chi connectivity index (χ4n) is 2.33. The molecule has 0 amide bonds. The molecular formula is C15H15ClN4. The van der Waals surface area contributed by atoms with Gasteiger partial charge in [-0.25, -0.2) is 15.0 Å². The van der Waals surface area contributed by atoms with E-state index in [2.05, 4.69) is 25.6 Å². The Morgan fingerprint density at radius 3 is 2.80 bits per heavy atom. The van der Waals surface area contributed by atoms with Crippen molar-refractivity contribution in [3.8, 4) is 0 Å². The third-order valence-corrected chi connectivity index (χ3v) is 3.39. The molecule has 4 nitrogen and oxygen atoms in total. The van der Waals surface area contributed by atoms with Crippen LogP contribution in [0.15, 0.2) is 36.5 Å². The van der Waals surface area contributed by atoms with E-state index in [0.717, 1.165) is 34.8 Å². The van der Waals surface area contributed by atoms with Crippen LogP contribution in [0.3, 0.4) is 0 Å². The van der Waals surface area contributed by atoms with Crippen molar-refractivity contribution >= 4 is 22.6 Å². The van der Waals surface area contributed by atoms with Crippen LogP contribution < -0.4 is 0 Å². The zero-order valence-electron chi connectivity index (χ0n) is 11.3. The lowest BCUT2D eigenvalue weighted by Crippen LogP contribution is -2.08. The molecular weight excluding hydrogens is 272 g/mol. The number of imidazole rings is 1. The highest BCUT2D eigenvalue weighted by Gasteiger charge is 2.10. The molecule has 0 spiro atoms. The second kappa shape index (κ2) is 5.59. The molecule has 3 aromatic rings. The molecule has 0 aliphatic heterocycles. The van der Waals surface area contributed by atoms with Gasteiger partial charge in [-0.2, -0.15) is 0 Å².